The number of carbonyl (C=O) groups is 1. The van der Waals surface area contributed by atoms with Gasteiger partial charge in [-0.2, -0.15) is 0 Å². The van der Waals surface area contributed by atoms with Crippen LogP contribution in [0, 0.1) is 5.82 Å². The number of nitrogen functional groups attached to an aromatic ring is 1. The fourth-order valence-corrected chi connectivity index (χ4v) is 1.82. The highest BCUT2D eigenvalue weighted by molar-refractivity contribution is 6.35. The first-order valence-corrected chi connectivity index (χ1v) is 5.91. The maximum Gasteiger partial charge on any atom is 0.258 e. The molecule has 98 valence electrons. The number of nitrogens with one attached hydrogen (secondary N) is 1. The number of pyridine rings is 1. The van der Waals surface area contributed by atoms with Crippen molar-refractivity contribution in [2.75, 3.05) is 11.1 Å². The van der Waals surface area contributed by atoms with Crippen molar-refractivity contribution in [2.45, 2.75) is 0 Å². The van der Waals surface area contributed by atoms with Gasteiger partial charge in [0, 0.05) is 0 Å². The Hall–Kier alpha value is -1.85. The Morgan fingerprint density at radius 3 is 2.79 bits per heavy atom. The van der Waals surface area contributed by atoms with Gasteiger partial charge in [-0.15, -0.1) is 0 Å². The summed E-state index contributed by atoms with van der Waals surface area (Å²) in [6.07, 6.45) is 1.31. The Kier molecular flexibility index (Phi) is 3.87. The van der Waals surface area contributed by atoms with E-state index in [1.807, 2.05) is 0 Å². The van der Waals surface area contributed by atoms with E-state index in [2.05, 4.69) is 10.3 Å². The Balaban J connectivity index is 2.34. The minimum atomic E-state index is -0.645. The van der Waals surface area contributed by atoms with E-state index in [-0.39, 0.29) is 27.1 Å². The highest BCUT2D eigenvalue weighted by atomic mass is 35.5. The maximum absolute atomic E-state index is 13.5. The van der Waals surface area contributed by atoms with Crippen molar-refractivity contribution in [3.05, 3.63) is 52.0 Å². The third-order valence-corrected chi connectivity index (χ3v) is 2.92. The summed E-state index contributed by atoms with van der Waals surface area (Å²) >= 11 is 11.6. The molecular weight excluding hydrogens is 292 g/mol. The van der Waals surface area contributed by atoms with Crippen LogP contribution >= 0.6 is 23.2 Å². The highest BCUT2D eigenvalue weighted by Crippen LogP contribution is 2.26. The molecule has 0 bridgehead atoms. The summed E-state index contributed by atoms with van der Waals surface area (Å²) in [5.74, 6) is -1.29. The number of hydrogen-bond donors (Lipinski definition) is 2. The van der Waals surface area contributed by atoms with Crippen molar-refractivity contribution in [1.82, 2.24) is 4.98 Å². The monoisotopic (exact) mass is 299 g/mol. The lowest BCUT2D eigenvalue weighted by molar-refractivity contribution is 0.102. The van der Waals surface area contributed by atoms with Crippen LogP contribution in [-0.2, 0) is 0 Å². The van der Waals surface area contributed by atoms with Gasteiger partial charge in [0.05, 0.1) is 28.2 Å². The zero-order chi connectivity index (χ0) is 14.0. The molecule has 0 atom stereocenters. The molecule has 1 heterocycles. The summed E-state index contributed by atoms with van der Waals surface area (Å²) in [5, 5.41) is 2.39. The molecule has 2 rings (SSSR count). The largest absolute Gasteiger partial charge is 0.397 e. The van der Waals surface area contributed by atoms with Crippen molar-refractivity contribution >= 4 is 40.5 Å². The van der Waals surface area contributed by atoms with Gasteiger partial charge >= 0.3 is 0 Å². The number of carbonyl (C=O) groups excluding carboxylic acids is 1. The summed E-state index contributed by atoms with van der Waals surface area (Å²) in [5.41, 5.74) is 5.71. The first-order chi connectivity index (χ1) is 8.99. The van der Waals surface area contributed by atoms with Crippen molar-refractivity contribution in [2.24, 2.45) is 0 Å². The minimum absolute atomic E-state index is 0.0286. The van der Waals surface area contributed by atoms with Crippen LogP contribution in [0.1, 0.15) is 10.4 Å². The number of amides is 1. The average molecular weight is 300 g/mol. The zero-order valence-corrected chi connectivity index (χ0v) is 11.0. The lowest BCUT2D eigenvalue weighted by Crippen LogP contribution is -2.14. The molecular formula is C12H8Cl2FN3O. The average Bonchev–Trinajstić information content (AvgIpc) is 2.37. The molecule has 0 radical (unpaired) electrons. The van der Waals surface area contributed by atoms with Gasteiger partial charge in [0.1, 0.15) is 11.0 Å². The molecule has 0 spiro atoms. The summed E-state index contributed by atoms with van der Waals surface area (Å²) in [6.45, 7) is 0. The minimum Gasteiger partial charge on any atom is -0.397 e. The fourth-order valence-electron chi connectivity index (χ4n) is 1.42. The molecule has 1 amide bonds. The second-order valence-corrected chi connectivity index (χ2v) is 4.42. The SMILES string of the molecule is Nc1cnc(Cl)c(C(=O)Nc2c(F)cccc2Cl)c1. The van der Waals surface area contributed by atoms with E-state index in [1.54, 1.807) is 0 Å². The Bertz CT molecular complexity index is 629. The number of para-hydroxylation sites is 1. The molecule has 1 aromatic heterocycles. The number of halogens is 3. The summed E-state index contributed by atoms with van der Waals surface area (Å²) in [4.78, 5) is 15.7. The number of rotatable bonds is 2. The molecule has 0 saturated carbocycles. The van der Waals surface area contributed by atoms with Crippen LogP contribution in [0.5, 0.6) is 0 Å². The summed E-state index contributed by atoms with van der Waals surface area (Å²) < 4.78 is 13.5. The van der Waals surface area contributed by atoms with E-state index in [0.29, 0.717) is 0 Å². The quantitative estimate of drug-likeness (QED) is 0.836. The third-order valence-electron chi connectivity index (χ3n) is 2.31. The second kappa shape index (κ2) is 5.42. The van der Waals surface area contributed by atoms with Crippen LogP contribution in [0.3, 0.4) is 0 Å². The molecule has 7 heteroatoms. The van der Waals surface area contributed by atoms with E-state index in [4.69, 9.17) is 28.9 Å². The van der Waals surface area contributed by atoms with Crippen LogP contribution in [0.25, 0.3) is 0 Å². The number of nitrogens with two attached hydrogens (primary N) is 1. The molecule has 3 N–H and O–H groups in total. The smallest absolute Gasteiger partial charge is 0.258 e. The zero-order valence-electron chi connectivity index (χ0n) is 9.45. The molecule has 0 unspecified atom stereocenters. The molecule has 0 aliphatic carbocycles. The Morgan fingerprint density at radius 1 is 1.37 bits per heavy atom. The van der Waals surface area contributed by atoms with Crippen LogP contribution < -0.4 is 11.1 Å². The van der Waals surface area contributed by atoms with Crippen LogP contribution in [-0.4, -0.2) is 10.9 Å². The van der Waals surface area contributed by atoms with Gasteiger partial charge in [-0.25, -0.2) is 9.37 Å². The van der Waals surface area contributed by atoms with Gasteiger partial charge in [0.15, 0.2) is 0 Å². The first-order valence-electron chi connectivity index (χ1n) is 5.15. The highest BCUT2D eigenvalue weighted by Gasteiger charge is 2.15. The number of anilines is 2. The summed E-state index contributed by atoms with van der Waals surface area (Å²) in [7, 11) is 0. The molecule has 0 aliphatic heterocycles. The number of benzene rings is 1. The molecule has 19 heavy (non-hydrogen) atoms. The van der Waals surface area contributed by atoms with Gasteiger partial charge < -0.3 is 11.1 Å². The fraction of sp³-hybridized carbons (Fsp3) is 0. The van der Waals surface area contributed by atoms with Gasteiger partial charge in [-0.05, 0) is 18.2 Å². The number of nitrogens with zero attached hydrogens (tertiary/aromatic N) is 1. The molecule has 0 fully saturated rings. The topological polar surface area (TPSA) is 68.0 Å². The van der Waals surface area contributed by atoms with E-state index in [9.17, 15) is 9.18 Å². The van der Waals surface area contributed by atoms with Crippen LogP contribution in [0.2, 0.25) is 10.2 Å². The van der Waals surface area contributed by atoms with Gasteiger partial charge in [0.2, 0.25) is 0 Å². The van der Waals surface area contributed by atoms with Crippen molar-refractivity contribution in [1.29, 1.82) is 0 Å². The Labute approximate surface area is 118 Å². The van der Waals surface area contributed by atoms with Gasteiger partial charge in [-0.1, -0.05) is 29.3 Å². The lowest BCUT2D eigenvalue weighted by atomic mass is 10.2. The third kappa shape index (κ3) is 2.94. The van der Waals surface area contributed by atoms with Gasteiger partial charge in [0.25, 0.3) is 5.91 Å². The van der Waals surface area contributed by atoms with E-state index < -0.39 is 11.7 Å². The van der Waals surface area contributed by atoms with Gasteiger partial charge in [-0.3, -0.25) is 4.79 Å². The van der Waals surface area contributed by atoms with Crippen molar-refractivity contribution in [3.63, 3.8) is 0 Å². The molecule has 0 saturated heterocycles. The normalized spacial score (nSPS) is 10.3. The lowest BCUT2D eigenvalue weighted by Gasteiger charge is -2.09. The second-order valence-electron chi connectivity index (χ2n) is 3.66. The molecule has 0 aliphatic rings. The van der Waals surface area contributed by atoms with E-state index in [0.717, 1.165) is 0 Å². The predicted molar refractivity (Wildman–Crippen MR) is 73.0 cm³/mol. The summed E-state index contributed by atoms with van der Waals surface area (Å²) in [6, 6.07) is 5.42. The van der Waals surface area contributed by atoms with E-state index >= 15 is 0 Å². The number of hydrogen-bond acceptors (Lipinski definition) is 3. The number of aromatic nitrogens is 1. The molecule has 2 aromatic rings. The standard InChI is InChI=1S/C12H8Cl2FN3O/c13-8-2-1-3-9(15)10(8)18-12(19)7-4-6(16)5-17-11(7)14/h1-5H,16H2,(H,18,19). The van der Waals surface area contributed by atoms with E-state index in [1.165, 1.54) is 30.5 Å². The van der Waals surface area contributed by atoms with Crippen LogP contribution in [0.4, 0.5) is 15.8 Å². The first kappa shape index (κ1) is 13.6. The van der Waals surface area contributed by atoms with Crippen molar-refractivity contribution < 1.29 is 9.18 Å². The Morgan fingerprint density at radius 2 is 2.11 bits per heavy atom. The van der Waals surface area contributed by atoms with Crippen molar-refractivity contribution in [3.8, 4) is 0 Å². The van der Waals surface area contributed by atoms with Crippen LogP contribution in [0.15, 0.2) is 30.5 Å². The molecule has 1 aromatic carbocycles. The predicted octanol–water partition coefficient (Wildman–Crippen LogP) is 3.36. The molecule has 4 nitrogen and oxygen atoms in total. The maximum atomic E-state index is 13.5.